The van der Waals surface area contributed by atoms with E-state index in [-0.39, 0.29) is 0 Å². The largest absolute Gasteiger partial charge is 0.327 e. The van der Waals surface area contributed by atoms with Gasteiger partial charge in [0.1, 0.15) is 0 Å². The highest BCUT2D eigenvalue weighted by Crippen LogP contribution is 2.38. The zero-order valence-electron chi connectivity index (χ0n) is 14.1. The zero-order chi connectivity index (χ0) is 14.8. The number of rotatable bonds is 5. The molecule has 1 aliphatic heterocycles. The van der Waals surface area contributed by atoms with Crippen molar-refractivity contribution in [3.63, 3.8) is 0 Å². The number of nitrogens with zero attached hydrogens (tertiary/aromatic N) is 2. The smallest absolute Gasteiger partial charge is 0.0235 e. The Labute approximate surface area is 125 Å². The molecular formula is C17H35N3. The number of hydrogen-bond acceptors (Lipinski definition) is 3. The molecule has 2 aliphatic rings. The van der Waals surface area contributed by atoms with Crippen molar-refractivity contribution >= 4 is 0 Å². The molecule has 2 N–H and O–H groups in total. The highest BCUT2D eigenvalue weighted by atomic mass is 15.2. The third-order valence-corrected chi connectivity index (χ3v) is 5.64. The molecule has 1 saturated heterocycles. The lowest BCUT2D eigenvalue weighted by Gasteiger charge is -2.41. The van der Waals surface area contributed by atoms with Gasteiger partial charge in [-0.05, 0) is 56.7 Å². The summed E-state index contributed by atoms with van der Waals surface area (Å²) in [6.45, 7) is 15.5. The van der Waals surface area contributed by atoms with Crippen molar-refractivity contribution in [2.75, 3.05) is 32.7 Å². The maximum atomic E-state index is 6.39. The normalized spacial score (nSPS) is 34.8. The van der Waals surface area contributed by atoms with Crippen molar-refractivity contribution in [1.29, 1.82) is 0 Å². The van der Waals surface area contributed by atoms with Gasteiger partial charge in [-0.1, -0.05) is 27.7 Å². The quantitative estimate of drug-likeness (QED) is 0.840. The van der Waals surface area contributed by atoms with Gasteiger partial charge in [0.2, 0.25) is 0 Å². The van der Waals surface area contributed by atoms with Crippen LogP contribution in [-0.4, -0.2) is 54.6 Å². The van der Waals surface area contributed by atoms with Crippen molar-refractivity contribution < 1.29 is 0 Å². The summed E-state index contributed by atoms with van der Waals surface area (Å²) in [7, 11) is 0. The molecule has 118 valence electrons. The summed E-state index contributed by atoms with van der Waals surface area (Å²) < 4.78 is 0. The molecule has 0 amide bonds. The maximum Gasteiger partial charge on any atom is 0.0235 e. The number of likely N-dealkylation sites (tertiary alicyclic amines) is 1. The molecule has 0 aromatic carbocycles. The highest BCUT2D eigenvalue weighted by Gasteiger charge is 2.35. The Morgan fingerprint density at radius 3 is 2.55 bits per heavy atom. The average Bonchev–Trinajstić information content (AvgIpc) is 2.84. The molecule has 3 atom stereocenters. The third-order valence-electron chi connectivity index (χ3n) is 5.64. The van der Waals surface area contributed by atoms with Crippen LogP contribution in [0.2, 0.25) is 0 Å². The highest BCUT2D eigenvalue weighted by molar-refractivity contribution is 4.91. The van der Waals surface area contributed by atoms with Crippen LogP contribution in [0.4, 0.5) is 0 Å². The van der Waals surface area contributed by atoms with Gasteiger partial charge in [0.15, 0.2) is 0 Å². The van der Waals surface area contributed by atoms with Crippen LogP contribution in [0.5, 0.6) is 0 Å². The van der Waals surface area contributed by atoms with Crippen molar-refractivity contribution in [3.05, 3.63) is 0 Å². The number of nitrogens with two attached hydrogens (primary N) is 1. The SMILES string of the molecule is CCN(CC)C1CCN(CC2CC(C)(C)CCC2N)C1. The molecule has 1 aliphatic carbocycles. The van der Waals surface area contributed by atoms with Gasteiger partial charge in [0, 0.05) is 25.2 Å². The van der Waals surface area contributed by atoms with Crippen molar-refractivity contribution in [2.45, 2.75) is 65.5 Å². The minimum Gasteiger partial charge on any atom is -0.327 e. The Morgan fingerprint density at radius 2 is 1.90 bits per heavy atom. The second-order valence-electron chi connectivity index (χ2n) is 7.75. The standard InChI is InChI=1S/C17H35N3/c1-5-20(6-2)15-8-10-19(13-15)12-14-11-17(3,4)9-7-16(14)18/h14-16H,5-13,18H2,1-4H3. The topological polar surface area (TPSA) is 32.5 Å². The van der Waals surface area contributed by atoms with Crippen LogP contribution in [0.3, 0.4) is 0 Å². The second-order valence-corrected chi connectivity index (χ2v) is 7.75. The Morgan fingerprint density at radius 1 is 1.20 bits per heavy atom. The van der Waals surface area contributed by atoms with Crippen LogP contribution in [0.25, 0.3) is 0 Å². The van der Waals surface area contributed by atoms with Gasteiger partial charge in [-0.3, -0.25) is 4.90 Å². The first kappa shape index (κ1) is 16.3. The predicted molar refractivity (Wildman–Crippen MR) is 86.9 cm³/mol. The fourth-order valence-electron chi connectivity index (χ4n) is 4.30. The van der Waals surface area contributed by atoms with E-state index in [1.807, 2.05) is 0 Å². The monoisotopic (exact) mass is 281 g/mol. The number of likely N-dealkylation sites (N-methyl/N-ethyl adjacent to an activating group) is 1. The summed E-state index contributed by atoms with van der Waals surface area (Å²) in [4.78, 5) is 5.29. The number of hydrogen-bond donors (Lipinski definition) is 1. The van der Waals surface area contributed by atoms with Crippen LogP contribution < -0.4 is 5.73 Å². The molecule has 2 rings (SSSR count). The fraction of sp³-hybridized carbons (Fsp3) is 1.00. The van der Waals surface area contributed by atoms with Crippen molar-refractivity contribution in [1.82, 2.24) is 9.80 Å². The van der Waals surface area contributed by atoms with Crippen LogP contribution in [0.1, 0.15) is 53.4 Å². The van der Waals surface area contributed by atoms with Gasteiger partial charge in [-0.25, -0.2) is 0 Å². The average molecular weight is 281 g/mol. The Bertz CT molecular complexity index is 299. The van der Waals surface area contributed by atoms with E-state index in [4.69, 9.17) is 5.73 Å². The van der Waals surface area contributed by atoms with E-state index in [0.717, 1.165) is 6.04 Å². The minimum absolute atomic E-state index is 0.426. The Hall–Kier alpha value is -0.120. The molecule has 0 radical (unpaired) electrons. The molecule has 2 fully saturated rings. The van der Waals surface area contributed by atoms with Gasteiger partial charge in [-0.2, -0.15) is 0 Å². The molecule has 0 aromatic heterocycles. The molecule has 3 unspecified atom stereocenters. The lowest BCUT2D eigenvalue weighted by atomic mass is 9.70. The third kappa shape index (κ3) is 3.96. The van der Waals surface area contributed by atoms with Crippen molar-refractivity contribution in [3.8, 4) is 0 Å². The first-order valence-electron chi connectivity index (χ1n) is 8.67. The van der Waals surface area contributed by atoms with E-state index in [1.54, 1.807) is 0 Å². The van der Waals surface area contributed by atoms with E-state index in [2.05, 4.69) is 37.5 Å². The lowest BCUT2D eigenvalue weighted by Crippen LogP contribution is -2.45. The first-order valence-corrected chi connectivity index (χ1v) is 8.67. The molecule has 0 aromatic rings. The molecule has 20 heavy (non-hydrogen) atoms. The van der Waals surface area contributed by atoms with Gasteiger partial charge in [0.25, 0.3) is 0 Å². The van der Waals surface area contributed by atoms with Crippen molar-refractivity contribution in [2.24, 2.45) is 17.1 Å². The molecule has 3 heteroatoms. The predicted octanol–water partition coefficient (Wildman–Crippen LogP) is 2.56. The van der Waals surface area contributed by atoms with E-state index < -0.39 is 0 Å². The molecular weight excluding hydrogens is 246 g/mol. The van der Waals surface area contributed by atoms with Gasteiger partial charge >= 0.3 is 0 Å². The van der Waals surface area contributed by atoms with Crippen LogP contribution in [0.15, 0.2) is 0 Å². The van der Waals surface area contributed by atoms with Gasteiger partial charge in [-0.15, -0.1) is 0 Å². The fourth-order valence-corrected chi connectivity index (χ4v) is 4.30. The summed E-state index contributed by atoms with van der Waals surface area (Å²) in [5.74, 6) is 0.703. The summed E-state index contributed by atoms with van der Waals surface area (Å²) in [5.41, 5.74) is 6.89. The summed E-state index contributed by atoms with van der Waals surface area (Å²) in [6, 6.07) is 1.20. The molecule has 0 bridgehead atoms. The molecule has 1 saturated carbocycles. The van der Waals surface area contributed by atoms with E-state index in [9.17, 15) is 0 Å². The Balaban J connectivity index is 1.85. The summed E-state index contributed by atoms with van der Waals surface area (Å²) in [6.07, 6.45) is 5.16. The van der Waals surface area contributed by atoms with Crippen LogP contribution >= 0.6 is 0 Å². The van der Waals surface area contributed by atoms with Gasteiger partial charge in [0.05, 0.1) is 0 Å². The maximum absolute atomic E-state index is 6.39. The summed E-state index contributed by atoms with van der Waals surface area (Å²) >= 11 is 0. The van der Waals surface area contributed by atoms with Crippen LogP contribution in [-0.2, 0) is 0 Å². The first-order chi connectivity index (χ1) is 9.45. The molecule has 0 spiro atoms. The second kappa shape index (κ2) is 6.76. The van der Waals surface area contributed by atoms with E-state index >= 15 is 0 Å². The molecule has 1 heterocycles. The van der Waals surface area contributed by atoms with E-state index in [0.29, 0.717) is 17.4 Å². The van der Waals surface area contributed by atoms with E-state index in [1.165, 1.54) is 58.4 Å². The van der Waals surface area contributed by atoms with Gasteiger partial charge < -0.3 is 10.6 Å². The minimum atomic E-state index is 0.426. The lowest BCUT2D eigenvalue weighted by molar-refractivity contribution is 0.119. The van der Waals surface area contributed by atoms with Crippen LogP contribution in [0, 0.1) is 11.3 Å². The Kier molecular flexibility index (Phi) is 5.49. The zero-order valence-corrected chi connectivity index (χ0v) is 14.1. The molecule has 3 nitrogen and oxygen atoms in total. The summed E-state index contributed by atoms with van der Waals surface area (Å²) in [5, 5.41) is 0.